The summed E-state index contributed by atoms with van der Waals surface area (Å²) in [6.07, 6.45) is 3.93. The number of likely N-dealkylation sites (tertiary alicyclic amines) is 1. The predicted molar refractivity (Wildman–Crippen MR) is 48.7 cm³/mol. The molecule has 2 unspecified atom stereocenters. The van der Waals surface area contributed by atoms with E-state index >= 15 is 0 Å². The minimum atomic E-state index is 0. The molecule has 0 aromatic rings. The van der Waals surface area contributed by atoms with Crippen LogP contribution in [-0.4, -0.2) is 37.1 Å². The summed E-state index contributed by atoms with van der Waals surface area (Å²) in [6, 6.07) is 1.58. The number of fused-ring (bicyclic) bond motifs is 2. The van der Waals surface area contributed by atoms with E-state index in [1.54, 1.807) is 0 Å². The summed E-state index contributed by atoms with van der Waals surface area (Å²) in [4.78, 5) is 2.49. The predicted octanol–water partition coefficient (Wildman–Crippen LogP) is 1.67. The standard InChI is InChI=1S/C8H15N2.CH3.Y/c1-10-5-3-7-6-8(10)2-4-9-7;;/h7-8H,2-6H2,1H3;1H3;/q2*-1;. The summed E-state index contributed by atoms with van der Waals surface area (Å²) in [5.41, 5.74) is 0. The molecule has 0 amide bonds. The SMILES string of the molecule is CN1CCC2CC1CC[N-]2.[CH3-].[Y]. The summed E-state index contributed by atoms with van der Waals surface area (Å²) in [7, 11) is 2.24. The fourth-order valence-corrected chi connectivity index (χ4v) is 2.06. The van der Waals surface area contributed by atoms with Crippen molar-refractivity contribution in [2.45, 2.75) is 31.3 Å². The van der Waals surface area contributed by atoms with E-state index in [1.807, 2.05) is 0 Å². The van der Waals surface area contributed by atoms with Crippen LogP contribution in [0.15, 0.2) is 0 Å². The van der Waals surface area contributed by atoms with E-state index in [9.17, 15) is 0 Å². The second-order valence-corrected chi connectivity index (χ2v) is 3.51. The van der Waals surface area contributed by atoms with E-state index in [2.05, 4.69) is 17.3 Å². The summed E-state index contributed by atoms with van der Waals surface area (Å²) < 4.78 is 0. The first-order valence-electron chi connectivity index (χ1n) is 4.23. The number of piperidine rings is 2. The molecule has 2 aliphatic rings. The molecule has 2 aliphatic heterocycles. The van der Waals surface area contributed by atoms with Crippen molar-refractivity contribution in [2.75, 3.05) is 20.1 Å². The molecule has 2 bridgehead atoms. The third-order valence-corrected chi connectivity index (χ3v) is 2.83. The van der Waals surface area contributed by atoms with E-state index in [4.69, 9.17) is 0 Å². The van der Waals surface area contributed by atoms with Gasteiger partial charge in [0, 0.05) is 38.8 Å². The second kappa shape index (κ2) is 5.69. The molecule has 2 nitrogen and oxygen atoms in total. The third kappa shape index (κ3) is 2.76. The molecule has 2 heterocycles. The first-order chi connectivity index (χ1) is 4.86. The molecule has 2 rings (SSSR count). The van der Waals surface area contributed by atoms with E-state index < -0.39 is 0 Å². The number of nitrogens with zero attached hydrogens (tertiary/aromatic N) is 2. The molecule has 0 saturated carbocycles. The molecule has 1 radical (unpaired) electrons. The van der Waals surface area contributed by atoms with Crippen LogP contribution in [0.25, 0.3) is 5.32 Å². The molecule has 0 aromatic carbocycles. The van der Waals surface area contributed by atoms with Crippen LogP contribution in [0.1, 0.15) is 19.3 Å². The largest absolute Gasteiger partial charge is 0.659 e. The van der Waals surface area contributed by atoms with Gasteiger partial charge in [0.05, 0.1) is 0 Å². The summed E-state index contributed by atoms with van der Waals surface area (Å²) in [5.74, 6) is 0. The van der Waals surface area contributed by atoms with Gasteiger partial charge in [0.2, 0.25) is 0 Å². The third-order valence-electron chi connectivity index (χ3n) is 2.83. The molecule has 0 aromatic heterocycles. The van der Waals surface area contributed by atoms with Crippen LogP contribution in [-0.2, 0) is 32.7 Å². The average molecular weight is 243 g/mol. The molecule has 69 valence electrons. The second-order valence-electron chi connectivity index (χ2n) is 3.51. The van der Waals surface area contributed by atoms with Crippen LogP contribution in [0.4, 0.5) is 0 Å². The van der Waals surface area contributed by atoms with Crippen molar-refractivity contribution < 1.29 is 32.7 Å². The van der Waals surface area contributed by atoms with Crippen LogP contribution in [0.3, 0.4) is 0 Å². The maximum atomic E-state index is 4.56. The van der Waals surface area contributed by atoms with Crippen molar-refractivity contribution in [3.63, 3.8) is 0 Å². The normalized spacial score (nSPS) is 34.8. The van der Waals surface area contributed by atoms with Crippen molar-refractivity contribution in [1.29, 1.82) is 0 Å². The van der Waals surface area contributed by atoms with E-state index in [0.717, 1.165) is 18.6 Å². The van der Waals surface area contributed by atoms with Gasteiger partial charge >= 0.3 is 0 Å². The van der Waals surface area contributed by atoms with Crippen molar-refractivity contribution in [3.8, 4) is 0 Å². The zero-order valence-electron chi connectivity index (χ0n) is 8.16. The van der Waals surface area contributed by atoms with Gasteiger partial charge in [0.1, 0.15) is 0 Å². The summed E-state index contributed by atoms with van der Waals surface area (Å²) >= 11 is 0. The van der Waals surface area contributed by atoms with Crippen LogP contribution >= 0.6 is 0 Å². The molecule has 3 heteroatoms. The number of hydrogen-bond acceptors (Lipinski definition) is 1. The maximum Gasteiger partial charge on any atom is 0.00619 e. The molecule has 0 N–H and O–H groups in total. The topological polar surface area (TPSA) is 17.3 Å². The van der Waals surface area contributed by atoms with Crippen LogP contribution in [0.2, 0.25) is 0 Å². The Morgan fingerprint density at radius 2 is 2.08 bits per heavy atom. The maximum absolute atomic E-state index is 4.56. The monoisotopic (exact) mass is 243 g/mol. The Bertz CT molecular complexity index is 128. The van der Waals surface area contributed by atoms with E-state index in [1.165, 1.54) is 25.8 Å². The van der Waals surface area contributed by atoms with Gasteiger partial charge < -0.3 is 17.6 Å². The smallest absolute Gasteiger partial charge is 0.00619 e. The Hall–Kier alpha value is 1.02. The van der Waals surface area contributed by atoms with Gasteiger partial charge in [-0.1, -0.05) is 19.3 Å². The minimum Gasteiger partial charge on any atom is -0.659 e. The molecular formula is C9H18N2Y-2. The summed E-state index contributed by atoms with van der Waals surface area (Å²) in [6.45, 7) is 2.37. The van der Waals surface area contributed by atoms with Crippen molar-refractivity contribution in [3.05, 3.63) is 12.7 Å². The molecule has 0 spiro atoms. The molecule has 0 aliphatic carbocycles. The van der Waals surface area contributed by atoms with Crippen LogP contribution < -0.4 is 0 Å². The van der Waals surface area contributed by atoms with Gasteiger partial charge in [-0.2, -0.15) is 0 Å². The molecule has 12 heavy (non-hydrogen) atoms. The Kier molecular flexibility index (Phi) is 6.18. The first-order valence-corrected chi connectivity index (χ1v) is 4.23. The minimum absolute atomic E-state index is 0. The van der Waals surface area contributed by atoms with Crippen LogP contribution in [0, 0.1) is 7.43 Å². The van der Waals surface area contributed by atoms with Crippen LogP contribution in [0.5, 0.6) is 0 Å². The quantitative estimate of drug-likeness (QED) is 0.592. The van der Waals surface area contributed by atoms with Gasteiger partial charge in [-0.15, -0.1) is 12.6 Å². The number of rotatable bonds is 0. The molecule has 2 fully saturated rings. The fourth-order valence-electron chi connectivity index (χ4n) is 2.06. The Balaban J connectivity index is 0.000000605. The molecular weight excluding hydrogens is 225 g/mol. The Morgan fingerprint density at radius 1 is 1.33 bits per heavy atom. The van der Waals surface area contributed by atoms with Gasteiger partial charge in [-0.25, -0.2) is 0 Å². The first kappa shape index (κ1) is 13.0. The van der Waals surface area contributed by atoms with Gasteiger partial charge in [0.25, 0.3) is 0 Å². The molecule has 2 atom stereocenters. The molecule has 2 saturated heterocycles. The number of hydrogen-bond donors (Lipinski definition) is 0. The zero-order chi connectivity index (χ0) is 6.97. The van der Waals surface area contributed by atoms with Gasteiger partial charge in [-0.3, -0.25) is 0 Å². The summed E-state index contributed by atoms with van der Waals surface area (Å²) in [5, 5.41) is 4.56. The van der Waals surface area contributed by atoms with E-state index in [-0.39, 0.29) is 40.1 Å². The average Bonchev–Trinajstić information content (AvgIpc) is 1.99. The van der Waals surface area contributed by atoms with Crippen molar-refractivity contribution in [2.24, 2.45) is 0 Å². The van der Waals surface area contributed by atoms with Gasteiger partial charge in [-0.05, 0) is 13.6 Å². The fraction of sp³-hybridized carbons (Fsp3) is 0.889. The van der Waals surface area contributed by atoms with Crippen molar-refractivity contribution >= 4 is 0 Å². The Labute approximate surface area is 101 Å². The van der Waals surface area contributed by atoms with Crippen molar-refractivity contribution in [1.82, 2.24) is 4.90 Å². The van der Waals surface area contributed by atoms with E-state index in [0.29, 0.717) is 0 Å². The Morgan fingerprint density at radius 3 is 2.75 bits per heavy atom. The zero-order valence-corrected chi connectivity index (χ0v) is 11.0. The van der Waals surface area contributed by atoms with Gasteiger partial charge in [0.15, 0.2) is 0 Å².